The summed E-state index contributed by atoms with van der Waals surface area (Å²) < 4.78 is 61.6. The van der Waals surface area contributed by atoms with Crippen molar-refractivity contribution < 1.29 is 26.9 Å². The maximum Gasteiger partial charge on any atom is 0.434 e. The number of thioether (sulfide) groups is 1. The summed E-state index contributed by atoms with van der Waals surface area (Å²) in [7, 11) is 0. The Bertz CT molecular complexity index is 1250. The topological polar surface area (TPSA) is 81.5 Å². The Kier molecular flexibility index (Phi) is 7.51. The molecule has 0 spiro atoms. The van der Waals surface area contributed by atoms with Crippen molar-refractivity contribution in [3.05, 3.63) is 75.9 Å². The largest absolute Gasteiger partial charge is 0.434 e. The van der Waals surface area contributed by atoms with E-state index < -0.39 is 39.7 Å². The van der Waals surface area contributed by atoms with Gasteiger partial charge >= 0.3 is 6.18 Å². The number of carbonyl (C=O) groups is 1. The van der Waals surface area contributed by atoms with E-state index in [0.717, 1.165) is 6.07 Å². The van der Waals surface area contributed by atoms with Gasteiger partial charge in [0, 0.05) is 11.2 Å². The number of aliphatic imine (C=N–C) groups is 1. The van der Waals surface area contributed by atoms with Crippen LogP contribution in [0.3, 0.4) is 0 Å². The molecule has 12 heteroatoms. The normalized spacial score (nSPS) is 12.8. The smallest absolute Gasteiger partial charge is 0.404 e. The van der Waals surface area contributed by atoms with E-state index >= 15 is 0 Å². The summed E-state index contributed by atoms with van der Waals surface area (Å²) in [4.78, 5) is 16.3. The predicted molar refractivity (Wildman–Crippen MR) is 122 cm³/mol. The third kappa shape index (κ3) is 5.23. The maximum atomic E-state index is 14.5. The number of halogens is 6. The molecule has 0 saturated carbocycles. The molecule has 0 aliphatic rings. The van der Waals surface area contributed by atoms with E-state index in [9.17, 15) is 22.4 Å². The summed E-state index contributed by atoms with van der Waals surface area (Å²) in [6.07, 6.45) is -3.04. The zero-order chi connectivity index (χ0) is 24.3. The lowest BCUT2D eigenvalue weighted by molar-refractivity contribution is -0.0571. The van der Waals surface area contributed by atoms with Crippen molar-refractivity contribution in [2.45, 2.75) is 6.18 Å². The lowest BCUT2D eigenvalue weighted by Crippen LogP contribution is -2.25. The van der Waals surface area contributed by atoms with E-state index in [4.69, 9.17) is 33.5 Å². The first-order valence-electron chi connectivity index (χ1n) is 8.95. The second kappa shape index (κ2) is 9.98. The summed E-state index contributed by atoms with van der Waals surface area (Å²) >= 11 is 12.6. The zero-order valence-corrected chi connectivity index (χ0v) is 18.9. The van der Waals surface area contributed by atoms with Gasteiger partial charge in [-0.15, -0.1) is 0 Å². The monoisotopic (exact) mass is 517 g/mol. The van der Waals surface area contributed by atoms with Gasteiger partial charge in [-0.25, -0.2) is 9.38 Å². The van der Waals surface area contributed by atoms with Crippen LogP contribution in [0.1, 0.15) is 16.1 Å². The summed E-state index contributed by atoms with van der Waals surface area (Å²) in [6, 6.07) is 9.10. The second-order valence-corrected chi connectivity index (χ2v) is 7.96. The molecule has 3 rings (SSSR count). The van der Waals surface area contributed by atoms with Gasteiger partial charge in [-0.2, -0.15) is 13.2 Å². The van der Waals surface area contributed by atoms with Gasteiger partial charge in [-0.1, -0.05) is 52.3 Å². The minimum Gasteiger partial charge on any atom is -0.404 e. The molecule has 0 atom stereocenters. The minimum absolute atomic E-state index is 0.119. The third-order valence-corrected chi connectivity index (χ3v) is 5.39. The van der Waals surface area contributed by atoms with Crippen LogP contribution >= 0.6 is 35.0 Å². The molecule has 0 radical (unpaired) electrons. The van der Waals surface area contributed by atoms with E-state index in [-0.39, 0.29) is 27.0 Å². The summed E-state index contributed by atoms with van der Waals surface area (Å²) in [6.45, 7) is 0. The number of alkyl halides is 3. The molecular weight excluding hydrogens is 505 g/mol. The number of hydrogen-bond acceptors (Lipinski definition) is 6. The van der Waals surface area contributed by atoms with Gasteiger partial charge in [0.15, 0.2) is 11.5 Å². The Morgan fingerprint density at radius 1 is 1.21 bits per heavy atom. The Labute approximate surface area is 199 Å². The lowest BCUT2D eigenvalue weighted by atomic mass is 10.00. The number of rotatable bonds is 5. The van der Waals surface area contributed by atoms with Crippen LogP contribution < -0.4 is 5.73 Å². The van der Waals surface area contributed by atoms with Gasteiger partial charge in [-0.3, -0.25) is 4.79 Å². The van der Waals surface area contributed by atoms with Crippen molar-refractivity contribution in [2.24, 2.45) is 10.7 Å². The molecule has 0 bridgehead atoms. The van der Waals surface area contributed by atoms with Crippen LogP contribution in [0, 0.1) is 5.82 Å². The fourth-order valence-electron chi connectivity index (χ4n) is 2.87. The average molecular weight is 518 g/mol. The Morgan fingerprint density at radius 2 is 1.91 bits per heavy atom. The molecule has 0 fully saturated rings. The summed E-state index contributed by atoms with van der Waals surface area (Å²) in [5.74, 6) is -1.48. The van der Waals surface area contributed by atoms with Crippen LogP contribution in [-0.4, -0.2) is 28.4 Å². The van der Waals surface area contributed by atoms with Crippen LogP contribution in [0.15, 0.2) is 58.2 Å². The van der Waals surface area contributed by atoms with Gasteiger partial charge in [0.05, 0.1) is 21.8 Å². The van der Waals surface area contributed by atoms with Crippen molar-refractivity contribution in [1.29, 1.82) is 0 Å². The highest BCUT2D eigenvalue weighted by molar-refractivity contribution is 8.13. The van der Waals surface area contributed by atoms with Crippen LogP contribution in [0.4, 0.5) is 23.2 Å². The molecule has 172 valence electrons. The SMILES string of the molecule is CSC(=O)c1c(-c2c(F)cccc2Cl)noc1C(=CN)C(=Nc1cccc(Cl)c1)C(F)(F)F. The van der Waals surface area contributed by atoms with E-state index in [1.54, 1.807) is 0 Å². The zero-order valence-electron chi connectivity index (χ0n) is 16.6. The van der Waals surface area contributed by atoms with Crippen LogP contribution in [-0.2, 0) is 0 Å². The molecule has 0 saturated heterocycles. The molecule has 0 amide bonds. The number of nitrogens with zero attached hydrogens (tertiary/aromatic N) is 2. The predicted octanol–water partition coefficient (Wildman–Crippen LogP) is 6.93. The number of nitrogens with two attached hydrogens (primary N) is 1. The van der Waals surface area contributed by atoms with E-state index in [0.29, 0.717) is 18.0 Å². The Morgan fingerprint density at radius 3 is 2.48 bits per heavy atom. The maximum absolute atomic E-state index is 14.5. The van der Waals surface area contributed by atoms with Crippen LogP contribution in [0.2, 0.25) is 10.0 Å². The molecule has 0 aliphatic heterocycles. The number of aromatic nitrogens is 1. The van der Waals surface area contributed by atoms with Crippen molar-refractivity contribution in [3.8, 4) is 11.3 Å². The molecule has 2 N–H and O–H groups in total. The van der Waals surface area contributed by atoms with Crippen molar-refractivity contribution in [1.82, 2.24) is 5.16 Å². The minimum atomic E-state index is -5.02. The van der Waals surface area contributed by atoms with Gasteiger partial charge < -0.3 is 10.3 Å². The van der Waals surface area contributed by atoms with Gasteiger partial charge in [0.2, 0.25) is 5.12 Å². The lowest BCUT2D eigenvalue weighted by Gasteiger charge is -2.13. The van der Waals surface area contributed by atoms with E-state index in [1.807, 2.05) is 0 Å². The number of benzene rings is 2. The molecule has 0 unspecified atom stereocenters. The molecule has 1 aromatic heterocycles. The highest BCUT2D eigenvalue weighted by Gasteiger charge is 2.42. The standard InChI is InChI=1S/C21H13Cl2F4N3O2S/c1-33-20(31)16-17(15-13(23)6-3-7-14(15)24)30-32-18(16)12(9-28)19(21(25,26)27)29-11-5-2-4-10(22)8-11/h2-9H,28H2,1H3. The Balaban J connectivity index is 2.29. The Hall–Kier alpha value is -2.82. The van der Waals surface area contributed by atoms with Crippen molar-refractivity contribution >= 4 is 57.1 Å². The fourth-order valence-corrected chi connectivity index (χ4v) is 3.70. The quantitative estimate of drug-likeness (QED) is 0.293. The molecule has 1 heterocycles. The van der Waals surface area contributed by atoms with E-state index in [2.05, 4.69) is 10.1 Å². The van der Waals surface area contributed by atoms with Crippen molar-refractivity contribution in [3.63, 3.8) is 0 Å². The van der Waals surface area contributed by atoms with Gasteiger partial charge in [0.1, 0.15) is 17.1 Å². The van der Waals surface area contributed by atoms with Crippen molar-refractivity contribution in [2.75, 3.05) is 6.26 Å². The fraction of sp³-hybridized carbons (Fsp3) is 0.0952. The first-order valence-corrected chi connectivity index (χ1v) is 10.9. The number of carbonyl (C=O) groups excluding carboxylic acids is 1. The van der Waals surface area contributed by atoms with Gasteiger partial charge in [-0.05, 0) is 36.6 Å². The summed E-state index contributed by atoms with van der Waals surface area (Å²) in [5.41, 5.74) is 2.06. The first kappa shape index (κ1) is 24.8. The second-order valence-electron chi connectivity index (χ2n) is 6.34. The number of allylic oxidation sites excluding steroid dienone is 1. The average Bonchev–Trinajstić information content (AvgIpc) is 3.16. The third-order valence-electron chi connectivity index (χ3n) is 4.27. The highest BCUT2D eigenvalue weighted by atomic mass is 35.5. The highest BCUT2D eigenvalue weighted by Crippen LogP contribution is 2.39. The van der Waals surface area contributed by atoms with Crippen LogP contribution in [0.5, 0.6) is 0 Å². The number of hydrogen-bond donors (Lipinski definition) is 1. The molecule has 2 aromatic carbocycles. The molecule has 3 aromatic rings. The van der Waals surface area contributed by atoms with Gasteiger partial charge in [0.25, 0.3) is 0 Å². The molecule has 33 heavy (non-hydrogen) atoms. The molecule has 5 nitrogen and oxygen atoms in total. The van der Waals surface area contributed by atoms with Crippen LogP contribution in [0.25, 0.3) is 16.8 Å². The first-order chi connectivity index (χ1) is 15.6. The molecule has 0 aliphatic carbocycles. The van der Waals surface area contributed by atoms with E-state index in [1.165, 1.54) is 42.7 Å². The molecular formula is C21H13Cl2F4N3O2S. The summed E-state index contributed by atoms with van der Waals surface area (Å²) in [5, 5.41) is 2.95.